The van der Waals surface area contributed by atoms with E-state index in [0.29, 0.717) is 45.1 Å². The number of rotatable bonds is 4. The lowest BCUT2D eigenvalue weighted by atomic mass is 9.89. The Balaban J connectivity index is 1.37. The van der Waals surface area contributed by atoms with Crippen LogP contribution in [0.2, 0.25) is 0 Å². The van der Waals surface area contributed by atoms with Gasteiger partial charge >= 0.3 is 12.2 Å². The topological polar surface area (TPSA) is 110 Å². The molecule has 3 fully saturated rings. The molecule has 1 spiro atoms. The summed E-state index contributed by atoms with van der Waals surface area (Å²) in [5.41, 5.74) is -0.922. The van der Waals surface area contributed by atoms with Gasteiger partial charge < -0.3 is 25.8 Å². The molecule has 1 aromatic carbocycles. The van der Waals surface area contributed by atoms with Crippen molar-refractivity contribution in [1.82, 2.24) is 25.2 Å². The summed E-state index contributed by atoms with van der Waals surface area (Å²) in [4.78, 5) is 15.0. The van der Waals surface area contributed by atoms with E-state index in [1.807, 2.05) is 4.90 Å². The second-order valence-electron chi connectivity index (χ2n) is 13.3. The number of nitrogen functional groups attached to an aromatic ring is 1. The van der Waals surface area contributed by atoms with Crippen molar-refractivity contribution in [2.45, 2.75) is 69.7 Å². The molecule has 254 valence electrons. The van der Waals surface area contributed by atoms with Crippen molar-refractivity contribution >= 4 is 22.4 Å². The molecule has 0 amide bonds. The molecule has 7 rings (SSSR count). The van der Waals surface area contributed by atoms with Gasteiger partial charge in [-0.2, -0.15) is 23.1 Å². The van der Waals surface area contributed by atoms with Crippen molar-refractivity contribution in [2.24, 2.45) is 5.41 Å². The molecule has 3 atom stereocenters. The molecule has 1 saturated carbocycles. The number of alkyl halides is 5. The van der Waals surface area contributed by atoms with Crippen LogP contribution < -0.4 is 25.8 Å². The van der Waals surface area contributed by atoms with Gasteiger partial charge in [0, 0.05) is 31.6 Å². The van der Waals surface area contributed by atoms with Crippen molar-refractivity contribution in [1.29, 1.82) is 0 Å². The molecule has 47 heavy (non-hydrogen) atoms. The SMILES string of the molecule is Cc1c(F)c(N)cc(-c2nc3c4c(nc(OC[C@@]56CCCN5CC5(CC5(F)F)C6)nc4c2F)NCCNCC[C@H](C)O3)c1C(F)(F)F. The standard InChI is InChI=1S/C31H34F7N7O2/c1-15-4-6-40-7-8-41-25-19-24(43-27(44-25)46-14-29-5-3-9-45(29)13-28(11-29)12-30(28,34)35)22(33)23(42-26(19)47-15)17-10-18(39)21(32)16(2)20(17)31(36,37)38/h10,15,40H,3-9,11-14,39H2,1-2H3,(H,41,43,44)/t15-,28?,29-/m0/s1. The van der Waals surface area contributed by atoms with E-state index >= 15 is 4.39 Å². The first kappa shape index (κ1) is 31.9. The molecule has 9 nitrogen and oxygen atoms in total. The zero-order valence-electron chi connectivity index (χ0n) is 25.8. The fourth-order valence-corrected chi connectivity index (χ4v) is 7.55. The molecular formula is C31H34F7N7O2. The number of nitrogens with two attached hydrogens (primary N) is 1. The van der Waals surface area contributed by atoms with Crippen LogP contribution in [0.5, 0.6) is 11.9 Å². The van der Waals surface area contributed by atoms with Gasteiger partial charge in [-0.25, -0.2) is 22.5 Å². The number of hydrogen-bond acceptors (Lipinski definition) is 9. The van der Waals surface area contributed by atoms with Gasteiger partial charge in [0.05, 0.1) is 28.3 Å². The Morgan fingerprint density at radius 1 is 1.11 bits per heavy atom. The second-order valence-corrected chi connectivity index (χ2v) is 13.3. The van der Waals surface area contributed by atoms with Crippen LogP contribution in [0.15, 0.2) is 6.07 Å². The minimum Gasteiger partial charge on any atom is -0.474 e. The van der Waals surface area contributed by atoms with Gasteiger partial charge in [-0.15, -0.1) is 0 Å². The fraction of sp³-hybridized carbons (Fsp3) is 0.581. The maximum absolute atomic E-state index is 16.6. The summed E-state index contributed by atoms with van der Waals surface area (Å²) in [6.07, 6.45) is -3.63. The number of nitrogens with zero attached hydrogens (tertiary/aromatic N) is 4. The number of ether oxygens (including phenoxy) is 2. The van der Waals surface area contributed by atoms with E-state index in [9.17, 15) is 26.3 Å². The third kappa shape index (κ3) is 5.27. The number of fused-ring (bicyclic) bond motifs is 1. The van der Waals surface area contributed by atoms with Gasteiger partial charge in [0.25, 0.3) is 5.92 Å². The Hall–Kier alpha value is -3.66. The van der Waals surface area contributed by atoms with Gasteiger partial charge in [-0.3, -0.25) is 4.90 Å². The molecule has 3 aliphatic heterocycles. The quantitative estimate of drug-likeness (QED) is 0.238. The Kier molecular flexibility index (Phi) is 7.43. The zero-order valence-corrected chi connectivity index (χ0v) is 25.8. The van der Waals surface area contributed by atoms with E-state index in [2.05, 4.69) is 25.6 Å². The highest BCUT2D eigenvalue weighted by Crippen LogP contribution is 2.69. The first-order valence-electron chi connectivity index (χ1n) is 15.6. The van der Waals surface area contributed by atoms with E-state index < -0.39 is 74.4 Å². The van der Waals surface area contributed by atoms with E-state index in [1.54, 1.807) is 6.92 Å². The van der Waals surface area contributed by atoms with E-state index in [1.165, 1.54) is 0 Å². The predicted molar refractivity (Wildman–Crippen MR) is 159 cm³/mol. The second kappa shape index (κ2) is 10.9. The van der Waals surface area contributed by atoms with E-state index in [-0.39, 0.29) is 49.1 Å². The summed E-state index contributed by atoms with van der Waals surface area (Å²) in [5.74, 6) is -5.44. The molecule has 1 aliphatic carbocycles. The van der Waals surface area contributed by atoms with Crippen molar-refractivity contribution in [3.05, 3.63) is 28.8 Å². The summed E-state index contributed by atoms with van der Waals surface area (Å²) in [6, 6.07) is 0.400. The number of hydrogen-bond donors (Lipinski definition) is 3. The van der Waals surface area contributed by atoms with Crippen LogP contribution in [-0.2, 0) is 6.18 Å². The monoisotopic (exact) mass is 669 g/mol. The molecule has 3 aromatic rings. The van der Waals surface area contributed by atoms with Crippen molar-refractivity contribution < 1.29 is 40.2 Å². The Morgan fingerprint density at radius 3 is 2.60 bits per heavy atom. The fourth-order valence-electron chi connectivity index (χ4n) is 7.55. The van der Waals surface area contributed by atoms with Gasteiger partial charge in [0.1, 0.15) is 34.8 Å². The van der Waals surface area contributed by atoms with Crippen LogP contribution in [0.3, 0.4) is 0 Å². The lowest BCUT2D eigenvalue weighted by Crippen LogP contribution is -2.43. The van der Waals surface area contributed by atoms with Crippen LogP contribution in [0.4, 0.5) is 42.2 Å². The highest BCUT2D eigenvalue weighted by Gasteiger charge is 2.77. The van der Waals surface area contributed by atoms with Crippen LogP contribution >= 0.6 is 0 Å². The number of benzene rings is 1. The van der Waals surface area contributed by atoms with Crippen LogP contribution in [0, 0.1) is 24.0 Å². The van der Waals surface area contributed by atoms with E-state index in [4.69, 9.17) is 15.2 Å². The molecule has 5 heterocycles. The molecule has 16 heteroatoms. The smallest absolute Gasteiger partial charge is 0.417 e. The maximum Gasteiger partial charge on any atom is 0.417 e. The highest BCUT2D eigenvalue weighted by molar-refractivity contribution is 5.96. The molecule has 2 aromatic heterocycles. The molecular weight excluding hydrogens is 635 g/mol. The summed E-state index contributed by atoms with van der Waals surface area (Å²) < 4.78 is 115. The Bertz CT molecular complexity index is 1760. The third-order valence-electron chi connectivity index (χ3n) is 10.0. The number of nitrogens with one attached hydrogen (secondary N) is 2. The van der Waals surface area contributed by atoms with Crippen molar-refractivity contribution in [2.75, 3.05) is 50.4 Å². The zero-order chi connectivity index (χ0) is 33.5. The first-order chi connectivity index (χ1) is 22.1. The lowest BCUT2D eigenvalue weighted by molar-refractivity contribution is -0.137. The minimum absolute atomic E-state index is 0.0224. The predicted octanol–water partition coefficient (Wildman–Crippen LogP) is 5.69. The molecule has 4 aliphatic rings. The molecule has 4 N–H and O–H groups in total. The first-order valence-corrected chi connectivity index (χ1v) is 15.6. The summed E-state index contributed by atoms with van der Waals surface area (Å²) in [5, 5.41) is 6.30. The van der Waals surface area contributed by atoms with Crippen molar-refractivity contribution in [3.8, 4) is 23.1 Å². The molecule has 1 unspecified atom stereocenters. The summed E-state index contributed by atoms with van der Waals surface area (Å²) in [7, 11) is 0. The van der Waals surface area contributed by atoms with Crippen molar-refractivity contribution in [3.63, 3.8) is 0 Å². The van der Waals surface area contributed by atoms with Gasteiger partial charge in [-0.05, 0) is 64.3 Å². The molecule has 2 saturated heterocycles. The van der Waals surface area contributed by atoms with Gasteiger partial charge in [-0.1, -0.05) is 0 Å². The largest absolute Gasteiger partial charge is 0.474 e. The average Bonchev–Trinajstić information content (AvgIpc) is 3.21. The van der Waals surface area contributed by atoms with Crippen LogP contribution in [-0.4, -0.2) is 76.7 Å². The Labute approximate surface area is 265 Å². The number of halogens is 7. The molecule has 0 radical (unpaired) electrons. The van der Waals surface area contributed by atoms with E-state index in [0.717, 1.165) is 13.3 Å². The number of anilines is 2. The maximum atomic E-state index is 16.6. The van der Waals surface area contributed by atoms with Gasteiger partial charge in [0.15, 0.2) is 5.82 Å². The number of pyridine rings is 1. The minimum atomic E-state index is -5.09. The van der Waals surface area contributed by atoms with Gasteiger partial charge in [0.2, 0.25) is 5.88 Å². The highest BCUT2D eigenvalue weighted by atomic mass is 19.4. The molecule has 0 bridgehead atoms. The van der Waals surface area contributed by atoms with Crippen LogP contribution in [0.25, 0.3) is 22.2 Å². The third-order valence-corrected chi connectivity index (χ3v) is 10.0. The average molecular weight is 670 g/mol. The number of aromatic nitrogens is 3. The Morgan fingerprint density at radius 2 is 1.87 bits per heavy atom. The lowest BCUT2D eigenvalue weighted by Gasteiger charge is -2.31. The summed E-state index contributed by atoms with van der Waals surface area (Å²) >= 11 is 0. The normalized spacial score (nSPS) is 27.3. The summed E-state index contributed by atoms with van der Waals surface area (Å²) in [6.45, 7) is 4.86. The van der Waals surface area contributed by atoms with Crippen LogP contribution in [0.1, 0.15) is 50.2 Å².